The van der Waals surface area contributed by atoms with E-state index in [1.165, 1.54) is 6.26 Å². The van der Waals surface area contributed by atoms with Crippen molar-refractivity contribution in [1.82, 2.24) is 14.4 Å². The molecule has 158 valence electrons. The average Bonchev–Trinajstić information content (AvgIpc) is 3.45. The number of aromatic nitrogens is 3. The molecule has 0 radical (unpaired) electrons. The number of carbonyl (C=O) groups is 1. The smallest absolute Gasteiger partial charge is 0.230 e. The minimum absolute atomic E-state index is 0.114. The van der Waals surface area contributed by atoms with Crippen LogP contribution in [0.4, 0.5) is 5.69 Å². The zero-order valence-corrected chi connectivity index (χ0v) is 17.1. The maximum atomic E-state index is 12.5. The first-order chi connectivity index (χ1) is 15.7. The molecule has 2 aromatic carbocycles. The Morgan fingerprint density at radius 3 is 2.72 bits per heavy atom. The molecule has 0 saturated carbocycles. The van der Waals surface area contributed by atoms with Crippen LogP contribution in [0.3, 0.4) is 0 Å². The van der Waals surface area contributed by atoms with Crippen LogP contribution in [0.1, 0.15) is 11.4 Å². The SMILES string of the molecule is O=C(Cc1coc(-c2ccccc2)n1)Nc1cccc(OCc2cn3ccccc3n2)c1. The van der Waals surface area contributed by atoms with E-state index in [-0.39, 0.29) is 12.3 Å². The van der Waals surface area contributed by atoms with E-state index < -0.39 is 0 Å². The summed E-state index contributed by atoms with van der Waals surface area (Å²) in [6.45, 7) is 0.334. The number of ether oxygens (including phenoxy) is 1. The number of rotatable bonds is 7. The molecule has 7 nitrogen and oxygen atoms in total. The summed E-state index contributed by atoms with van der Waals surface area (Å²) in [5.41, 5.74) is 3.78. The van der Waals surface area contributed by atoms with Crippen LogP contribution in [0, 0.1) is 0 Å². The van der Waals surface area contributed by atoms with Crippen LogP contribution >= 0.6 is 0 Å². The van der Waals surface area contributed by atoms with Gasteiger partial charge in [-0.25, -0.2) is 9.97 Å². The molecule has 0 atom stereocenters. The lowest BCUT2D eigenvalue weighted by atomic mass is 10.2. The monoisotopic (exact) mass is 424 g/mol. The molecule has 32 heavy (non-hydrogen) atoms. The van der Waals surface area contributed by atoms with Crippen molar-refractivity contribution in [2.24, 2.45) is 0 Å². The lowest BCUT2D eigenvalue weighted by molar-refractivity contribution is -0.115. The summed E-state index contributed by atoms with van der Waals surface area (Å²) in [7, 11) is 0. The second-order valence-electron chi connectivity index (χ2n) is 7.25. The third-order valence-corrected chi connectivity index (χ3v) is 4.83. The number of imidazole rings is 1. The predicted octanol–water partition coefficient (Wildman–Crippen LogP) is 4.75. The van der Waals surface area contributed by atoms with E-state index in [1.54, 1.807) is 6.07 Å². The average molecular weight is 424 g/mol. The number of fused-ring (bicyclic) bond motifs is 1. The summed E-state index contributed by atoms with van der Waals surface area (Å²) in [4.78, 5) is 21.4. The summed E-state index contributed by atoms with van der Waals surface area (Å²) in [5.74, 6) is 0.957. The summed E-state index contributed by atoms with van der Waals surface area (Å²) in [6, 6.07) is 22.7. The van der Waals surface area contributed by atoms with Gasteiger partial charge in [-0.3, -0.25) is 4.79 Å². The third-order valence-electron chi connectivity index (χ3n) is 4.83. The van der Waals surface area contributed by atoms with Crippen molar-refractivity contribution in [3.8, 4) is 17.2 Å². The number of pyridine rings is 1. The minimum atomic E-state index is -0.185. The Bertz CT molecular complexity index is 1320. The number of benzene rings is 2. The molecule has 0 fully saturated rings. The maximum absolute atomic E-state index is 12.5. The topological polar surface area (TPSA) is 81.7 Å². The number of amides is 1. The number of nitrogens with zero attached hydrogens (tertiary/aromatic N) is 3. The summed E-state index contributed by atoms with van der Waals surface area (Å²) >= 11 is 0. The van der Waals surface area contributed by atoms with Crippen LogP contribution < -0.4 is 10.1 Å². The third kappa shape index (κ3) is 4.52. The predicted molar refractivity (Wildman–Crippen MR) is 120 cm³/mol. The highest BCUT2D eigenvalue weighted by atomic mass is 16.5. The molecule has 0 saturated heterocycles. The highest BCUT2D eigenvalue weighted by Crippen LogP contribution is 2.20. The van der Waals surface area contributed by atoms with E-state index in [1.807, 2.05) is 83.5 Å². The van der Waals surface area contributed by atoms with Gasteiger partial charge in [-0.2, -0.15) is 0 Å². The van der Waals surface area contributed by atoms with Crippen LogP contribution in [-0.2, 0) is 17.8 Å². The van der Waals surface area contributed by atoms with E-state index in [4.69, 9.17) is 9.15 Å². The van der Waals surface area contributed by atoms with Crippen molar-refractivity contribution in [1.29, 1.82) is 0 Å². The van der Waals surface area contributed by atoms with Gasteiger partial charge in [0.15, 0.2) is 0 Å². The van der Waals surface area contributed by atoms with E-state index in [2.05, 4.69) is 15.3 Å². The van der Waals surface area contributed by atoms with E-state index >= 15 is 0 Å². The van der Waals surface area contributed by atoms with Gasteiger partial charge in [-0.1, -0.05) is 30.3 Å². The first kappa shape index (κ1) is 19.6. The quantitative estimate of drug-likeness (QED) is 0.408. The van der Waals surface area contributed by atoms with Crippen molar-refractivity contribution >= 4 is 17.2 Å². The fourth-order valence-corrected chi connectivity index (χ4v) is 3.35. The fourth-order valence-electron chi connectivity index (χ4n) is 3.35. The molecular weight excluding hydrogens is 404 g/mol. The Balaban J connectivity index is 1.19. The maximum Gasteiger partial charge on any atom is 0.230 e. The number of oxazole rings is 1. The van der Waals surface area contributed by atoms with Crippen LogP contribution in [0.2, 0.25) is 0 Å². The zero-order valence-electron chi connectivity index (χ0n) is 17.1. The number of carbonyl (C=O) groups excluding carboxylic acids is 1. The van der Waals surface area contributed by atoms with E-state index in [0.29, 0.717) is 29.6 Å². The van der Waals surface area contributed by atoms with Gasteiger partial charge in [-0.15, -0.1) is 0 Å². The van der Waals surface area contributed by atoms with E-state index in [0.717, 1.165) is 16.9 Å². The van der Waals surface area contributed by atoms with Crippen molar-refractivity contribution in [3.05, 3.63) is 103 Å². The lowest BCUT2D eigenvalue weighted by Crippen LogP contribution is -2.14. The standard InChI is InChI=1S/C25H20N4O3/c30-24(14-20-16-32-25(28-20)18-7-2-1-3-8-18)27-19-9-6-10-22(13-19)31-17-21-15-29-12-5-4-11-23(29)26-21/h1-13,15-16H,14,17H2,(H,27,30). The first-order valence-corrected chi connectivity index (χ1v) is 10.2. The molecule has 3 aromatic heterocycles. The van der Waals surface area contributed by atoms with Crippen molar-refractivity contribution in [2.75, 3.05) is 5.32 Å². The highest BCUT2D eigenvalue weighted by molar-refractivity contribution is 5.92. The molecule has 0 aliphatic heterocycles. The fraction of sp³-hybridized carbons (Fsp3) is 0.0800. The van der Waals surface area contributed by atoms with Gasteiger partial charge in [-0.05, 0) is 36.4 Å². The molecule has 0 unspecified atom stereocenters. The van der Waals surface area contributed by atoms with Crippen LogP contribution in [0.25, 0.3) is 17.1 Å². The lowest BCUT2D eigenvalue weighted by Gasteiger charge is -2.08. The molecule has 1 amide bonds. The zero-order chi connectivity index (χ0) is 21.8. The van der Waals surface area contributed by atoms with Crippen molar-refractivity contribution in [2.45, 2.75) is 13.0 Å². The van der Waals surface area contributed by atoms with Gasteiger partial charge in [0.05, 0.1) is 17.8 Å². The molecule has 7 heteroatoms. The van der Waals surface area contributed by atoms with Gasteiger partial charge in [0.2, 0.25) is 11.8 Å². The van der Waals surface area contributed by atoms with Crippen molar-refractivity contribution in [3.63, 3.8) is 0 Å². The Morgan fingerprint density at radius 1 is 0.969 bits per heavy atom. The summed E-state index contributed by atoms with van der Waals surface area (Å²) < 4.78 is 13.3. The molecule has 0 bridgehead atoms. The van der Waals surface area contributed by atoms with E-state index in [9.17, 15) is 4.79 Å². The molecule has 3 heterocycles. The van der Waals surface area contributed by atoms with Gasteiger partial charge in [0.1, 0.15) is 24.3 Å². The molecule has 0 aliphatic carbocycles. The molecule has 5 aromatic rings. The largest absolute Gasteiger partial charge is 0.487 e. The summed E-state index contributed by atoms with van der Waals surface area (Å²) in [6.07, 6.45) is 5.50. The normalized spacial score (nSPS) is 10.9. The van der Waals surface area contributed by atoms with Crippen LogP contribution in [-0.4, -0.2) is 20.3 Å². The second-order valence-corrected chi connectivity index (χ2v) is 7.25. The molecule has 0 aliphatic rings. The number of anilines is 1. The Kier molecular flexibility index (Phi) is 5.36. The first-order valence-electron chi connectivity index (χ1n) is 10.2. The highest BCUT2D eigenvalue weighted by Gasteiger charge is 2.11. The van der Waals surface area contributed by atoms with Gasteiger partial charge < -0.3 is 18.9 Å². The van der Waals surface area contributed by atoms with Crippen LogP contribution in [0.15, 0.2) is 95.9 Å². The van der Waals surface area contributed by atoms with Gasteiger partial charge in [0, 0.05) is 29.7 Å². The Morgan fingerprint density at radius 2 is 1.84 bits per heavy atom. The molecule has 0 spiro atoms. The Hall–Kier alpha value is -4.39. The Labute approximate surface area is 184 Å². The molecular formula is C25H20N4O3. The number of nitrogens with one attached hydrogen (secondary N) is 1. The minimum Gasteiger partial charge on any atom is -0.487 e. The number of hydrogen-bond acceptors (Lipinski definition) is 5. The molecule has 5 rings (SSSR count). The molecule has 1 N–H and O–H groups in total. The van der Waals surface area contributed by atoms with Crippen molar-refractivity contribution < 1.29 is 13.9 Å². The summed E-state index contributed by atoms with van der Waals surface area (Å²) in [5, 5.41) is 2.88. The number of hydrogen-bond donors (Lipinski definition) is 1. The van der Waals surface area contributed by atoms with Gasteiger partial charge in [0.25, 0.3) is 0 Å². The second kappa shape index (κ2) is 8.77. The van der Waals surface area contributed by atoms with Gasteiger partial charge >= 0.3 is 0 Å². The van der Waals surface area contributed by atoms with Crippen LogP contribution in [0.5, 0.6) is 5.75 Å².